The van der Waals surface area contributed by atoms with Gasteiger partial charge in [0, 0.05) is 13.1 Å². The monoisotopic (exact) mass is 325 g/mol. The van der Waals surface area contributed by atoms with Crippen LogP contribution in [0.3, 0.4) is 0 Å². The molecule has 1 N–H and O–H groups in total. The lowest BCUT2D eigenvalue weighted by molar-refractivity contribution is -0.132. The molecule has 22 heavy (non-hydrogen) atoms. The van der Waals surface area contributed by atoms with E-state index in [1.54, 1.807) is 29.0 Å². The van der Waals surface area contributed by atoms with Crippen molar-refractivity contribution in [2.45, 2.75) is 20.8 Å². The molecule has 2 amide bonds. The Bertz CT molecular complexity index is 530. The number of amides is 2. The predicted octanol–water partition coefficient (Wildman–Crippen LogP) is 2.39. The van der Waals surface area contributed by atoms with E-state index >= 15 is 0 Å². The minimum atomic E-state index is -0.194. The zero-order chi connectivity index (χ0) is 16.7. The fraction of sp³-hybridized carbons (Fsp3) is 0.500. The molecule has 1 aromatic carbocycles. The molecule has 0 spiro atoms. The lowest BCUT2D eigenvalue weighted by Crippen LogP contribution is -2.41. The largest absolute Gasteiger partial charge is 0.342 e. The third-order valence-electron chi connectivity index (χ3n) is 3.33. The highest BCUT2D eigenvalue weighted by Gasteiger charge is 2.15. The van der Waals surface area contributed by atoms with Crippen LogP contribution in [0.25, 0.3) is 0 Å². The number of halogens is 1. The summed E-state index contributed by atoms with van der Waals surface area (Å²) in [6, 6.07) is 5.45. The molecule has 6 heteroatoms. The maximum Gasteiger partial charge on any atom is 0.238 e. The second kappa shape index (κ2) is 8.76. The Hall–Kier alpha value is -1.59. The number of carbonyl (C=O) groups excluding carboxylic acids is 2. The Morgan fingerprint density at radius 2 is 1.82 bits per heavy atom. The van der Waals surface area contributed by atoms with E-state index in [1.807, 2.05) is 26.8 Å². The molecule has 0 aliphatic heterocycles. The van der Waals surface area contributed by atoms with Crippen molar-refractivity contribution in [2.75, 3.05) is 38.5 Å². The third kappa shape index (κ3) is 5.66. The Balaban J connectivity index is 2.52. The van der Waals surface area contributed by atoms with E-state index < -0.39 is 0 Å². The van der Waals surface area contributed by atoms with Gasteiger partial charge >= 0.3 is 0 Å². The first-order chi connectivity index (χ1) is 10.4. The summed E-state index contributed by atoms with van der Waals surface area (Å²) in [7, 11) is 1.75. The summed E-state index contributed by atoms with van der Waals surface area (Å²) < 4.78 is 0. The smallest absolute Gasteiger partial charge is 0.238 e. The quantitative estimate of drug-likeness (QED) is 0.837. The van der Waals surface area contributed by atoms with Crippen LogP contribution in [-0.2, 0) is 9.59 Å². The second-order valence-electron chi connectivity index (χ2n) is 5.27. The van der Waals surface area contributed by atoms with E-state index in [4.69, 9.17) is 11.6 Å². The summed E-state index contributed by atoms with van der Waals surface area (Å²) in [5.74, 6) is -0.172. The number of benzene rings is 1. The van der Waals surface area contributed by atoms with Crippen molar-refractivity contribution in [3.8, 4) is 0 Å². The molecule has 0 fully saturated rings. The Morgan fingerprint density at radius 3 is 2.36 bits per heavy atom. The summed E-state index contributed by atoms with van der Waals surface area (Å²) in [6.07, 6.45) is 0. The highest BCUT2D eigenvalue weighted by molar-refractivity contribution is 6.33. The van der Waals surface area contributed by atoms with Crippen LogP contribution in [0.1, 0.15) is 19.4 Å². The number of hydrogen-bond acceptors (Lipinski definition) is 3. The van der Waals surface area contributed by atoms with Gasteiger partial charge in [-0.2, -0.15) is 0 Å². The average Bonchev–Trinajstić information content (AvgIpc) is 2.43. The molecule has 0 saturated carbocycles. The summed E-state index contributed by atoms with van der Waals surface area (Å²) >= 11 is 6.08. The van der Waals surface area contributed by atoms with Crippen molar-refractivity contribution in [3.05, 3.63) is 28.8 Å². The Kier molecular flexibility index (Phi) is 7.35. The number of anilines is 1. The van der Waals surface area contributed by atoms with Gasteiger partial charge in [0.1, 0.15) is 0 Å². The van der Waals surface area contributed by atoms with Crippen LogP contribution in [0.15, 0.2) is 18.2 Å². The van der Waals surface area contributed by atoms with Gasteiger partial charge in [-0.05, 0) is 45.5 Å². The number of aryl methyl sites for hydroxylation is 1. The topological polar surface area (TPSA) is 52.7 Å². The number of hydrogen-bond donors (Lipinski definition) is 1. The lowest BCUT2D eigenvalue weighted by Gasteiger charge is -2.22. The van der Waals surface area contributed by atoms with Crippen molar-refractivity contribution in [2.24, 2.45) is 0 Å². The van der Waals surface area contributed by atoms with Gasteiger partial charge in [0.15, 0.2) is 0 Å². The standard InChI is InChI=1S/C16H24ClN3O2/c1-5-20(6-2)16(22)11-19(4)10-15(21)18-14-8-7-12(3)9-13(14)17/h7-9H,5-6,10-11H2,1-4H3,(H,18,21). The van der Waals surface area contributed by atoms with Gasteiger partial charge < -0.3 is 10.2 Å². The Labute approximate surface area is 137 Å². The molecule has 1 rings (SSSR count). The van der Waals surface area contributed by atoms with Crippen molar-refractivity contribution in [3.63, 3.8) is 0 Å². The number of carbonyl (C=O) groups is 2. The zero-order valence-corrected chi connectivity index (χ0v) is 14.4. The first-order valence-electron chi connectivity index (χ1n) is 7.39. The van der Waals surface area contributed by atoms with Gasteiger partial charge in [0.25, 0.3) is 0 Å². The highest BCUT2D eigenvalue weighted by Crippen LogP contribution is 2.22. The second-order valence-corrected chi connectivity index (χ2v) is 5.68. The Morgan fingerprint density at radius 1 is 1.18 bits per heavy atom. The van der Waals surface area contributed by atoms with Crippen LogP contribution in [-0.4, -0.2) is 54.8 Å². The minimum Gasteiger partial charge on any atom is -0.342 e. The fourth-order valence-corrected chi connectivity index (χ4v) is 2.40. The van der Waals surface area contributed by atoms with Crippen LogP contribution in [0.4, 0.5) is 5.69 Å². The maximum atomic E-state index is 12.0. The van der Waals surface area contributed by atoms with Crippen molar-refractivity contribution >= 4 is 29.1 Å². The van der Waals surface area contributed by atoms with E-state index in [0.29, 0.717) is 23.8 Å². The summed E-state index contributed by atoms with van der Waals surface area (Å²) in [6.45, 7) is 7.52. The number of likely N-dealkylation sites (N-methyl/N-ethyl adjacent to an activating group) is 2. The van der Waals surface area contributed by atoms with Crippen LogP contribution in [0.5, 0.6) is 0 Å². The molecule has 0 unspecified atom stereocenters. The van der Waals surface area contributed by atoms with E-state index in [-0.39, 0.29) is 24.9 Å². The first-order valence-corrected chi connectivity index (χ1v) is 7.77. The first kappa shape index (κ1) is 18.5. The summed E-state index contributed by atoms with van der Waals surface area (Å²) in [4.78, 5) is 27.4. The van der Waals surface area contributed by atoms with E-state index in [0.717, 1.165) is 5.56 Å². The van der Waals surface area contributed by atoms with E-state index in [9.17, 15) is 9.59 Å². The van der Waals surface area contributed by atoms with Gasteiger partial charge in [-0.15, -0.1) is 0 Å². The van der Waals surface area contributed by atoms with E-state index in [2.05, 4.69) is 5.32 Å². The molecule has 0 atom stereocenters. The highest BCUT2D eigenvalue weighted by atomic mass is 35.5. The van der Waals surface area contributed by atoms with Gasteiger partial charge in [-0.3, -0.25) is 14.5 Å². The molecule has 122 valence electrons. The minimum absolute atomic E-state index is 0.0219. The van der Waals surface area contributed by atoms with Crippen LogP contribution in [0.2, 0.25) is 5.02 Å². The maximum absolute atomic E-state index is 12.0. The molecule has 0 saturated heterocycles. The van der Waals surface area contributed by atoms with Crippen molar-refractivity contribution in [1.82, 2.24) is 9.80 Å². The fourth-order valence-electron chi connectivity index (χ4n) is 2.12. The molecule has 5 nitrogen and oxygen atoms in total. The summed E-state index contributed by atoms with van der Waals surface area (Å²) in [5, 5.41) is 3.27. The summed E-state index contributed by atoms with van der Waals surface area (Å²) in [5.41, 5.74) is 1.62. The van der Waals surface area contributed by atoms with Crippen LogP contribution < -0.4 is 5.32 Å². The zero-order valence-electron chi connectivity index (χ0n) is 13.6. The molecule has 0 aliphatic rings. The van der Waals surface area contributed by atoms with E-state index in [1.165, 1.54) is 0 Å². The molecule has 0 bridgehead atoms. The van der Waals surface area contributed by atoms with Gasteiger partial charge in [-0.1, -0.05) is 17.7 Å². The molecular formula is C16H24ClN3O2. The van der Waals surface area contributed by atoms with Gasteiger partial charge in [-0.25, -0.2) is 0 Å². The van der Waals surface area contributed by atoms with Gasteiger partial charge in [0.2, 0.25) is 11.8 Å². The van der Waals surface area contributed by atoms with Crippen molar-refractivity contribution in [1.29, 1.82) is 0 Å². The lowest BCUT2D eigenvalue weighted by atomic mass is 10.2. The number of rotatable bonds is 7. The molecule has 1 aromatic rings. The average molecular weight is 326 g/mol. The van der Waals surface area contributed by atoms with Gasteiger partial charge in [0.05, 0.1) is 23.8 Å². The molecule has 0 radical (unpaired) electrons. The SMILES string of the molecule is CCN(CC)C(=O)CN(C)CC(=O)Nc1ccc(C)cc1Cl. The molecule has 0 aromatic heterocycles. The molecule has 0 aliphatic carbocycles. The number of nitrogens with zero attached hydrogens (tertiary/aromatic N) is 2. The number of nitrogens with one attached hydrogen (secondary N) is 1. The normalized spacial score (nSPS) is 10.6. The van der Waals surface area contributed by atoms with Crippen molar-refractivity contribution < 1.29 is 9.59 Å². The van der Waals surface area contributed by atoms with Crippen LogP contribution >= 0.6 is 11.6 Å². The molecule has 0 heterocycles. The third-order valence-corrected chi connectivity index (χ3v) is 3.65. The predicted molar refractivity (Wildman–Crippen MR) is 90.2 cm³/mol. The van der Waals surface area contributed by atoms with Crippen LogP contribution in [0, 0.1) is 6.92 Å². The molecular weight excluding hydrogens is 302 g/mol.